The Kier molecular flexibility index (Phi) is 4.88. The van der Waals surface area contributed by atoms with E-state index < -0.39 is 5.60 Å². The van der Waals surface area contributed by atoms with Gasteiger partial charge in [-0.05, 0) is 71.4 Å². The number of amides is 1. The van der Waals surface area contributed by atoms with Gasteiger partial charge in [-0.15, -0.1) is 0 Å². The Hall–Kier alpha value is -1.91. The van der Waals surface area contributed by atoms with Gasteiger partial charge in [-0.25, -0.2) is 9.78 Å². The Bertz CT molecular complexity index is 630. The minimum Gasteiger partial charge on any atom is -0.443 e. The van der Waals surface area contributed by atoms with Crippen molar-refractivity contribution >= 4 is 17.6 Å². The van der Waals surface area contributed by atoms with Gasteiger partial charge < -0.3 is 4.74 Å². The molecule has 0 saturated heterocycles. The van der Waals surface area contributed by atoms with Gasteiger partial charge in [-0.2, -0.15) is 0 Å². The third-order valence-electron chi connectivity index (χ3n) is 4.48. The van der Waals surface area contributed by atoms with Crippen molar-refractivity contribution in [1.29, 1.82) is 0 Å². The van der Waals surface area contributed by atoms with Crippen LogP contribution in [-0.4, -0.2) is 35.0 Å². The molecule has 1 amide bonds. The molecule has 2 aliphatic rings. The van der Waals surface area contributed by atoms with Crippen LogP contribution in [0.3, 0.4) is 0 Å². The fourth-order valence-corrected chi connectivity index (χ4v) is 3.10. The lowest BCUT2D eigenvalue weighted by Gasteiger charge is -2.38. The average Bonchev–Trinajstić information content (AvgIpc) is 2.50. The molecule has 1 aliphatic carbocycles. The number of carbonyl (C=O) groups is 1. The van der Waals surface area contributed by atoms with Crippen LogP contribution in [0.25, 0.3) is 0 Å². The Morgan fingerprint density at radius 1 is 1.25 bits per heavy atom. The van der Waals surface area contributed by atoms with E-state index in [1.54, 1.807) is 11.1 Å². The Labute approximate surface area is 144 Å². The summed E-state index contributed by atoms with van der Waals surface area (Å²) in [6, 6.07) is 4.13. The zero-order valence-corrected chi connectivity index (χ0v) is 14.9. The highest BCUT2D eigenvalue weighted by Crippen LogP contribution is 2.33. The van der Waals surface area contributed by atoms with Crippen LogP contribution in [-0.2, 0) is 4.74 Å². The second-order valence-corrected chi connectivity index (χ2v) is 7.60. The van der Waals surface area contributed by atoms with Crippen molar-refractivity contribution in [3.63, 3.8) is 0 Å². The Morgan fingerprint density at radius 3 is 2.62 bits per heavy atom. The van der Waals surface area contributed by atoms with Gasteiger partial charge in [0.05, 0.1) is 0 Å². The van der Waals surface area contributed by atoms with Crippen LogP contribution in [0.15, 0.2) is 23.3 Å². The molecule has 0 spiro atoms. The van der Waals surface area contributed by atoms with Crippen LogP contribution in [0.2, 0.25) is 0 Å². The van der Waals surface area contributed by atoms with Crippen LogP contribution < -0.4 is 4.90 Å². The fraction of sp³-hybridized carbons (Fsp3) is 0.632. The molecule has 24 heavy (non-hydrogen) atoms. The zero-order valence-electron chi connectivity index (χ0n) is 14.9. The number of rotatable bonds is 3. The Balaban J connectivity index is 1.96. The lowest BCUT2D eigenvalue weighted by atomic mass is 9.91. The smallest absolute Gasteiger partial charge is 0.416 e. The summed E-state index contributed by atoms with van der Waals surface area (Å²) in [5.41, 5.74) is 1.53. The van der Waals surface area contributed by atoms with Crippen molar-refractivity contribution in [2.45, 2.75) is 70.9 Å². The largest absolute Gasteiger partial charge is 0.443 e. The SMILES string of the molecule is CC(C)(C)OC(=O)N(c1ncccc1C1=NCCCC1)C1CCC1. The number of pyridine rings is 1. The van der Waals surface area contributed by atoms with Crippen LogP contribution in [0, 0.1) is 0 Å². The van der Waals surface area contributed by atoms with E-state index in [4.69, 9.17) is 4.74 Å². The van der Waals surface area contributed by atoms with Gasteiger partial charge in [0.1, 0.15) is 11.4 Å². The van der Waals surface area contributed by atoms with Crippen LogP contribution in [0.4, 0.5) is 10.6 Å². The monoisotopic (exact) mass is 329 g/mol. The van der Waals surface area contributed by atoms with Crippen molar-refractivity contribution in [3.05, 3.63) is 23.9 Å². The first kappa shape index (κ1) is 16.9. The maximum Gasteiger partial charge on any atom is 0.416 e. The molecule has 3 rings (SSSR count). The maximum absolute atomic E-state index is 12.9. The quantitative estimate of drug-likeness (QED) is 0.828. The molecule has 1 aromatic rings. The molecular formula is C19H27N3O2. The van der Waals surface area contributed by atoms with Gasteiger partial charge in [0.15, 0.2) is 0 Å². The maximum atomic E-state index is 12.9. The number of aromatic nitrogens is 1. The molecule has 0 N–H and O–H groups in total. The first-order valence-corrected chi connectivity index (χ1v) is 8.96. The number of anilines is 1. The number of ether oxygens (including phenoxy) is 1. The number of aliphatic imine (C=N–C) groups is 1. The molecule has 1 aliphatic heterocycles. The molecule has 1 saturated carbocycles. The van der Waals surface area contributed by atoms with Gasteiger partial charge in [-0.1, -0.05) is 0 Å². The first-order chi connectivity index (χ1) is 11.5. The predicted octanol–water partition coefficient (Wildman–Crippen LogP) is 4.35. The van der Waals surface area contributed by atoms with Crippen molar-refractivity contribution in [2.24, 2.45) is 4.99 Å². The standard InChI is InChI=1S/C19H27N3O2/c1-19(2,3)24-18(23)22(14-8-6-9-14)17-15(10-7-13-21-17)16-11-4-5-12-20-16/h7,10,13-14H,4-6,8-9,11-12H2,1-3H3. The number of carbonyl (C=O) groups excluding carboxylic acids is 1. The summed E-state index contributed by atoms with van der Waals surface area (Å²) in [5, 5.41) is 0. The second-order valence-electron chi connectivity index (χ2n) is 7.60. The molecule has 1 aromatic heterocycles. The van der Waals surface area contributed by atoms with E-state index in [0.717, 1.165) is 56.3 Å². The molecule has 130 valence electrons. The van der Waals surface area contributed by atoms with Crippen molar-refractivity contribution in [3.8, 4) is 0 Å². The van der Waals surface area contributed by atoms with Gasteiger partial charge in [0.25, 0.3) is 0 Å². The third-order valence-corrected chi connectivity index (χ3v) is 4.48. The molecule has 0 atom stereocenters. The third kappa shape index (κ3) is 3.77. The first-order valence-electron chi connectivity index (χ1n) is 8.96. The lowest BCUT2D eigenvalue weighted by molar-refractivity contribution is 0.0548. The average molecular weight is 329 g/mol. The topological polar surface area (TPSA) is 54.8 Å². The predicted molar refractivity (Wildman–Crippen MR) is 95.8 cm³/mol. The van der Waals surface area contributed by atoms with Crippen molar-refractivity contribution in [1.82, 2.24) is 4.98 Å². The van der Waals surface area contributed by atoms with E-state index in [9.17, 15) is 4.79 Å². The highest BCUT2D eigenvalue weighted by Gasteiger charge is 2.35. The van der Waals surface area contributed by atoms with Crippen molar-refractivity contribution < 1.29 is 9.53 Å². The molecule has 0 unspecified atom stereocenters. The molecule has 2 heterocycles. The summed E-state index contributed by atoms with van der Waals surface area (Å²) in [6.07, 6.45) is 7.82. The summed E-state index contributed by atoms with van der Waals surface area (Å²) in [7, 11) is 0. The number of nitrogens with zero attached hydrogens (tertiary/aromatic N) is 3. The van der Waals surface area contributed by atoms with Crippen LogP contribution >= 0.6 is 0 Å². The molecule has 5 nitrogen and oxygen atoms in total. The summed E-state index contributed by atoms with van der Waals surface area (Å²) in [4.78, 5) is 23.8. The van der Waals surface area contributed by atoms with E-state index in [2.05, 4.69) is 9.98 Å². The summed E-state index contributed by atoms with van der Waals surface area (Å²) in [5.74, 6) is 0.706. The second kappa shape index (κ2) is 6.91. The van der Waals surface area contributed by atoms with Gasteiger partial charge in [0, 0.05) is 30.1 Å². The number of hydrogen-bond acceptors (Lipinski definition) is 4. The van der Waals surface area contributed by atoms with E-state index >= 15 is 0 Å². The summed E-state index contributed by atoms with van der Waals surface area (Å²) >= 11 is 0. The van der Waals surface area contributed by atoms with E-state index in [1.807, 2.05) is 32.9 Å². The van der Waals surface area contributed by atoms with Gasteiger partial charge in [-0.3, -0.25) is 9.89 Å². The zero-order chi connectivity index (χ0) is 17.2. The van der Waals surface area contributed by atoms with Gasteiger partial charge in [0.2, 0.25) is 0 Å². The molecular weight excluding hydrogens is 302 g/mol. The molecule has 0 bridgehead atoms. The molecule has 0 radical (unpaired) electrons. The van der Waals surface area contributed by atoms with Crippen molar-refractivity contribution in [2.75, 3.05) is 11.4 Å². The molecule has 0 aromatic carbocycles. The van der Waals surface area contributed by atoms with Crippen LogP contribution in [0.5, 0.6) is 0 Å². The number of hydrogen-bond donors (Lipinski definition) is 0. The molecule has 1 fully saturated rings. The van der Waals surface area contributed by atoms with Gasteiger partial charge >= 0.3 is 6.09 Å². The van der Waals surface area contributed by atoms with E-state index in [0.29, 0.717) is 5.82 Å². The van der Waals surface area contributed by atoms with E-state index in [-0.39, 0.29) is 12.1 Å². The summed E-state index contributed by atoms with van der Waals surface area (Å²) < 4.78 is 5.66. The highest BCUT2D eigenvalue weighted by atomic mass is 16.6. The Morgan fingerprint density at radius 2 is 2.04 bits per heavy atom. The molecule has 5 heteroatoms. The fourth-order valence-electron chi connectivity index (χ4n) is 3.10. The highest BCUT2D eigenvalue weighted by molar-refractivity contribution is 6.07. The van der Waals surface area contributed by atoms with Crippen LogP contribution in [0.1, 0.15) is 64.9 Å². The minimum absolute atomic E-state index is 0.178. The minimum atomic E-state index is -0.517. The lowest BCUT2D eigenvalue weighted by Crippen LogP contribution is -2.47. The van der Waals surface area contributed by atoms with E-state index in [1.165, 1.54) is 0 Å². The normalized spacial score (nSPS) is 18.5. The summed E-state index contributed by atoms with van der Waals surface area (Å²) in [6.45, 7) is 6.55.